The fourth-order valence-corrected chi connectivity index (χ4v) is 7.46. The second-order valence-corrected chi connectivity index (χ2v) is 13.5. The third-order valence-corrected chi connectivity index (χ3v) is 10.1. The van der Waals surface area contributed by atoms with Gasteiger partial charge in [0.25, 0.3) is 5.91 Å². The van der Waals surface area contributed by atoms with E-state index in [9.17, 15) is 9.18 Å². The molecule has 264 valence electrons. The van der Waals surface area contributed by atoms with Crippen LogP contribution in [0, 0.1) is 17.7 Å². The Bertz CT molecular complexity index is 1880. The zero-order chi connectivity index (χ0) is 35.2. The molecule has 3 atom stereocenters. The van der Waals surface area contributed by atoms with Crippen LogP contribution in [0.4, 0.5) is 14.6 Å². The van der Waals surface area contributed by atoms with Crippen molar-refractivity contribution in [1.29, 1.82) is 0 Å². The molecular formula is C38H44ClF2N7O2. The van der Waals surface area contributed by atoms with Crippen LogP contribution in [-0.2, 0) is 4.79 Å². The first-order chi connectivity index (χ1) is 24.3. The number of benzene rings is 2. The summed E-state index contributed by atoms with van der Waals surface area (Å²) in [7, 11) is 3.32. The van der Waals surface area contributed by atoms with E-state index < -0.39 is 12.0 Å². The predicted molar refractivity (Wildman–Crippen MR) is 195 cm³/mol. The van der Waals surface area contributed by atoms with Crippen LogP contribution in [0.25, 0.3) is 32.9 Å². The maximum absolute atomic E-state index is 16.2. The number of methoxy groups -OCH3 is 1. The minimum Gasteiger partial charge on any atom is -0.467 e. The highest BCUT2D eigenvalue weighted by atomic mass is 35.5. The lowest BCUT2D eigenvalue weighted by molar-refractivity contribution is -0.124. The standard InChI is InChI=1S/C31H32ClFN6O2.C7H12FN/c1-4-15-34-16-6-5-13-25(40)39-17-14-21(19-39)38(2)30-23-18-35-28(27(33)29(23)36-31(37-30)41-3)22-11-7-9-20-10-8-12-24(32)26(20)22;8-6-4-7-2-1-3-9(7)5-6/h7-12,18,21,34H,4,6,14-17,19H2,1-3H3;6-7H,1-5H2. The third-order valence-electron chi connectivity index (χ3n) is 9.78. The van der Waals surface area contributed by atoms with Crippen molar-refractivity contribution in [2.75, 3.05) is 58.3 Å². The van der Waals surface area contributed by atoms with Crippen LogP contribution in [-0.4, -0.2) is 102 Å². The Morgan fingerprint density at radius 2 is 1.96 bits per heavy atom. The molecule has 3 aliphatic rings. The van der Waals surface area contributed by atoms with E-state index in [1.54, 1.807) is 23.2 Å². The first kappa shape index (κ1) is 35.7. The van der Waals surface area contributed by atoms with Crippen LogP contribution in [0.3, 0.4) is 0 Å². The number of likely N-dealkylation sites (N-methyl/N-ethyl adjacent to an activating group) is 1. The number of nitrogens with zero attached hydrogens (tertiary/aromatic N) is 6. The molecule has 5 heterocycles. The molecular weight excluding hydrogens is 660 g/mol. The SMILES string of the molecule is CCCNCCC#CC(=O)N1CCC(N(C)c2nc(OC)nc3c(F)c(-c4cccc5cccc(Cl)c45)ncc23)C1.FC1CC2CCCN2C1. The number of carbonyl (C=O) groups is 1. The summed E-state index contributed by atoms with van der Waals surface area (Å²) >= 11 is 6.52. The number of alkyl halides is 1. The number of pyridine rings is 1. The van der Waals surface area contributed by atoms with E-state index in [0.29, 0.717) is 53.9 Å². The molecule has 0 saturated carbocycles. The summed E-state index contributed by atoms with van der Waals surface area (Å²) in [6.07, 6.45) is 6.81. The predicted octanol–water partition coefficient (Wildman–Crippen LogP) is 6.27. The second-order valence-electron chi connectivity index (χ2n) is 13.1. The van der Waals surface area contributed by atoms with Crippen molar-refractivity contribution in [1.82, 2.24) is 30.1 Å². The molecule has 1 amide bonds. The molecule has 50 heavy (non-hydrogen) atoms. The number of aromatic nitrogens is 3. The lowest BCUT2D eigenvalue weighted by Crippen LogP contribution is -2.36. The van der Waals surface area contributed by atoms with Crippen molar-refractivity contribution in [2.45, 2.75) is 63.7 Å². The Balaban J connectivity index is 0.000000412. The number of hydrogen-bond acceptors (Lipinski definition) is 8. The monoisotopic (exact) mass is 703 g/mol. The van der Waals surface area contributed by atoms with E-state index in [4.69, 9.17) is 16.3 Å². The van der Waals surface area contributed by atoms with Crippen LogP contribution < -0.4 is 15.0 Å². The van der Waals surface area contributed by atoms with Gasteiger partial charge in [-0.25, -0.2) is 8.78 Å². The Labute approximate surface area is 297 Å². The average molecular weight is 704 g/mol. The maximum atomic E-state index is 16.2. The quantitative estimate of drug-likeness (QED) is 0.170. The topological polar surface area (TPSA) is 86.7 Å². The maximum Gasteiger partial charge on any atom is 0.318 e. The average Bonchev–Trinajstić information content (AvgIpc) is 3.87. The van der Waals surface area contributed by atoms with Crippen molar-refractivity contribution in [3.63, 3.8) is 0 Å². The van der Waals surface area contributed by atoms with E-state index >= 15 is 4.39 Å². The molecule has 1 N–H and O–H groups in total. The van der Waals surface area contributed by atoms with Gasteiger partial charge in [-0.3, -0.25) is 14.7 Å². The van der Waals surface area contributed by atoms with Crippen LogP contribution in [0.5, 0.6) is 6.01 Å². The number of halogens is 3. The highest BCUT2D eigenvalue weighted by Crippen LogP contribution is 2.37. The molecule has 3 aliphatic heterocycles. The van der Waals surface area contributed by atoms with E-state index in [0.717, 1.165) is 49.7 Å². The molecule has 0 aliphatic carbocycles. The smallest absolute Gasteiger partial charge is 0.318 e. The molecule has 12 heteroatoms. The highest BCUT2D eigenvalue weighted by molar-refractivity contribution is 6.36. The fraction of sp³-hybridized carbons (Fsp3) is 0.474. The second kappa shape index (κ2) is 16.3. The fourth-order valence-electron chi connectivity index (χ4n) is 7.17. The van der Waals surface area contributed by atoms with E-state index in [1.807, 2.05) is 36.2 Å². The number of nitrogens with one attached hydrogen (secondary N) is 1. The largest absolute Gasteiger partial charge is 0.467 e. The molecule has 3 fully saturated rings. The van der Waals surface area contributed by atoms with Crippen molar-refractivity contribution in [3.05, 3.63) is 53.4 Å². The van der Waals surface area contributed by atoms with Crippen molar-refractivity contribution < 1.29 is 18.3 Å². The van der Waals surface area contributed by atoms with Crippen molar-refractivity contribution in [2.24, 2.45) is 0 Å². The molecule has 9 nitrogen and oxygen atoms in total. The highest BCUT2D eigenvalue weighted by Gasteiger charge is 2.35. The van der Waals surface area contributed by atoms with Gasteiger partial charge in [0.05, 0.1) is 12.5 Å². The Kier molecular flexibility index (Phi) is 11.6. The normalized spacial score (nSPS) is 20.0. The zero-order valence-electron chi connectivity index (χ0n) is 28.9. The number of carbonyl (C=O) groups excluding carboxylic acids is 1. The van der Waals surface area contributed by atoms with Gasteiger partial charge in [-0.1, -0.05) is 54.8 Å². The lowest BCUT2D eigenvalue weighted by atomic mass is 10.0. The summed E-state index contributed by atoms with van der Waals surface area (Å²) in [5.74, 6) is 5.43. The van der Waals surface area contributed by atoms with Gasteiger partial charge < -0.3 is 19.9 Å². The lowest BCUT2D eigenvalue weighted by Gasteiger charge is -2.27. The van der Waals surface area contributed by atoms with Gasteiger partial charge in [-0.15, -0.1) is 0 Å². The van der Waals surface area contributed by atoms with E-state index in [2.05, 4.69) is 43.9 Å². The number of anilines is 1. The van der Waals surface area contributed by atoms with Gasteiger partial charge in [0.15, 0.2) is 5.82 Å². The Hall–Kier alpha value is -4.11. The molecule has 3 saturated heterocycles. The molecule has 0 radical (unpaired) electrons. The number of amides is 1. The Morgan fingerprint density at radius 3 is 2.74 bits per heavy atom. The number of ether oxygens (including phenoxy) is 1. The minimum absolute atomic E-state index is 0.0415. The number of hydrogen-bond donors (Lipinski definition) is 1. The summed E-state index contributed by atoms with van der Waals surface area (Å²) in [5.41, 5.74) is 0.820. The molecule has 2 aromatic carbocycles. The number of rotatable bonds is 8. The van der Waals surface area contributed by atoms with Gasteiger partial charge in [-0.05, 0) is 62.6 Å². The third kappa shape index (κ3) is 7.78. The molecule has 0 spiro atoms. The minimum atomic E-state index is -0.586. The summed E-state index contributed by atoms with van der Waals surface area (Å²) in [4.78, 5) is 32.1. The summed E-state index contributed by atoms with van der Waals surface area (Å²) in [6, 6.07) is 11.7. The van der Waals surface area contributed by atoms with Gasteiger partial charge >= 0.3 is 6.01 Å². The van der Waals surface area contributed by atoms with Gasteiger partial charge in [0.2, 0.25) is 0 Å². The molecule has 0 bridgehead atoms. The first-order valence-electron chi connectivity index (χ1n) is 17.5. The summed E-state index contributed by atoms with van der Waals surface area (Å²) in [5, 5.41) is 5.84. The zero-order valence-corrected chi connectivity index (χ0v) is 29.6. The molecule has 2 aromatic heterocycles. The summed E-state index contributed by atoms with van der Waals surface area (Å²) in [6.45, 7) is 6.73. The van der Waals surface area contributed by atoms with Crippen molar-refractivity contribution >= 4 is 45.0 Å². The van der Waals surface area contributed by atoms with E-state index in [-0.39, 0.29) is 29.2 Å². The van der Waals surface area contributed by atoms with Crippen LogP contribution in [0.15, 0.2) is 42.6 Å². The van der Waals surface area contributed by atoms with Gasteiger partial charge in [-0.2, -0.15) is 9.97 Å². The first-order valence-corrected chi connectivity index (χ1v) is 17.8. The van der Waals surface area contributed by atoms with E-state index in [1.165, 1.54) is 20.0 Å². The number of fused-ring (bicyclic) bond motifs is 3. The van der Waals surface area contributed by atoms with Crippen LogP contribution in [0.2, 0.25) is 5.02 Å². The Morgan fingerprint density at radius 1 is 1.14 bits per heavy atom. The molecule has 4 aromatic rings. The van der Waals surface area contributed by atoms with Gasteiger partial charge in [0.1, 0.15) is 23.2 Å². The molecule has 7 rings (SSSR count). The number of likely N-dealkylation sites (tertiary alicyclic amines) is 1. The van der Waals surface area contributed by atoms with Gasteiger partial charge in [0, 0.05) is 73.9 Å². The van der Waals surface area contributed by atoms with Crippen LogP contribution >= 0.6 is 11.6 Å². The van der Waals surface area contributed by atoms with Crippen molar-refractivity contribution in [3.8, 4) is 29.1 Å². The molecule has 3 unspecified atom stereocenters. The van der Waals surface area contributed by atoms with Crippen LogP contribution in [0.1, 0.15) is 45.4 Å². The summed E-state index contributed by atoms with van der Waals surface area (Å²) < 4.78 is 34.2.